The fourth-order valence-electron chi connectivity index (χ4n) is 2.24. The number of carbonyl (C=O) groups excluding carboxylic acids is 2. The van der Waals surface area contributed by atoms with Gasteiger partial charge in [-0.3, -0.25) is 4.79 Å². The minimum Gasteiger partial charge on any atom is -0.333 e. The van der Waals surface area contributed by atoms with Crippen LogP contribution in [0.5, 0.6) is 0 Å². The highest BCUT2D eigenvalue weighted by Crippen LogP contribution is 2.25. The van der Waals surface area contributed by atoms with Crippen LogP contribution in [0.3, 0.4) is 0 Å². The largest absolute Gasteiger partial charge is 0.333 e. The van der Waals surface area contributed by atoms with Crippen LogP contribution < -0.4 is 10.6 Å². The van der Waals surface area contributed by atoms with Gasteiger partial charge in [-0.05, 0) is 30.3 Å². The molecule has 3 aromatic rings. The fraction of sp³-hybridized carbons (Fsp3) is 0.0526. The molecule has 0 aliphatic heterocycles. The predicted octanol–water partition coefficient (Wildman–Crippen LogP) is 5.61. The van der Waals surface area contributed by atoms with E-state index in [1.165, 1.54) is 11.3 Å². The third kappa shape index (κ3) is 4.64. The summed E-state index contributed by atoms with van der Waals surface area (Å²) in [5.41, 5.74) is 1.19. The molecule has 0 fully saturated rings. The summed E-state index contributed by atoms with van der Waals surface area (Å²) in [4.78, 5) is 25.9. The lowest BCUT2D eigenvalue weighted by Gasteiger charge is -2.07. The first-order valence-electron chi connectivity index (χ1n) is 7.71. The monoisotopic (exact) mass is 404 g/mol. The van der Waals surface area contributed by atoms with Gasteiger partial charge in [-0.15, -0.1) is 11.3 Å². The molecule has 0 atom stereocenters. The number of rotatable bonds is 5. The average molecular weight is 405 g/mol. The summed E-state index contributed by atoms with van der Waals surface area (Å²) in [6.45, 7) is 0.319. The van der Waals surface area contributed by atoms with Crippen LogP contribution in [0.2, 0.25) is 10.0 Å². The van der Waals surface area contributed by atoms with Gasteiger partial charge >= 0.3 is 6.03 Å². The summed E-state index contributed by atoms with van der Waals surface area (Å²) in [6.07, 6.45) is 0. The molecule has 132 valence electrons. The molecule has 3 rings (SSSR count). The molecule has 1 aromatic heterocycles. The number of ketones is 1. The number of thiophene rings is 1. The Hall–Kier alpha value is -2.34. The first-order chi connectivity index (χ1) is 12.5. The Balaban J connectivity index is 1.57. The molecule has 0 radical (unpaired) electrons. The van der Waals surface area contributed by atoms with Gasteiger partial charge in [-0.2, -0.15) is 0 Å². The summed E-state index contributed by atoms with van der Waals surface area (Å²) in [5, 5.41) is 6.22. The zero-order chi connectivity index (χ0) is 18.5. The number of anilines is 1. The number of hydrogen-bond acceptors (Lipinski definition) is 3. The van der Waals surface area contributed by atoms with Crippen LogP contribution in [0.15, 0.2) is 60.7 Å². The van der Waals surface area contributed by atoms with Crippen molar-refractivity contribution in [3.63, 3.8) is 0 Å². The molecule has 0 saturated carbocycles. The van der Waals surface area contributed by atoms with Crippen molar-refractivity contribution in [1.29, 1.82) is 0 Å². The molecule has 0 bridgehead atoms. The Bertz CT molecular complexity index is 942. The van der Waals surface area contributed by atoms with Crippen LogP contribution in [0, 0.1) is 0 Å². The highest BCUT2D eigenvalue weighted by atomic mass is 35.5. The molecule has 0 aliphatic rings. The van der Waals surface area contributed by atoms with Crippen LogP contribution in [0.4, 0.5) is 10.5 Å². The zero-order valence-corrected chi connectivity index (χ0v) is 15.8. The van der Waals surface area contributed by atoms with E-state index in [2.05, 4.69) is 10.6 Å². The lowest BCUT2D eigenvalue weighted by molar-refractivity contribution is 0.104. The van der Waals surface area contributed by atoms with Crippen molar-refractivity contribution in [3.8, 4) is 0 Å². The summed E-state index contributed by atoms with van der Waals surface area (Å²) in [7, 11) is 0. The lowest BCUT2D eigenvalue weighted by Crippen LogP contribution is -2.27. The van der Waals surface area contributed by atoms with E-state index in [1.54, 1.807) is 36.4 Å². The molecule has 2 aromatic carbocycles. The Morgan fingerprint density at radius 1 is 0.923 bits per heavy atom. The zero-order valence-electron chi connectivity index (χ0n) is 13.5. The van der Waals surface area contributed by atoms with E-state index in [9.17, 15) is 9.59 Å². The van der Waals surface area contributed by atoms with Crippen molar-refractivity contribution in [2.45, 2.75) is 6.54 Å². The topological polar surface area (TPSA) is 58.2 Å². The molecule has 4 nitrogen and oxygen atoms in total. The van der Waals surface area contributed by atoms with Crippen LogP contribution in [-0.4, -0.2) is 11.8 Å². The minimum atomic E-state index is -0.368. The maximum Gasteiger partial charge on any atom is 0.319 e. The molecule has 1 heterocycles. The highest BCUT2D eigenvalue weighted by Gasteiger charge is 2.12. The first-order valence-corrected chi connectivity index (χ1v) is 9.28. The van der Waals surface area contributed by atoms with Gasteiger partial charge in [0.05, 0.1) is 21.5 Å². The van der Waals surface area contributed by atoms with Crippen molar-refractivity contribution >= 4 is 52.0 Å². The fourth-order valence-corrected chi connectivity index (χ4v) is 3.45. The Kier molecular flexibility index (Phi) is 5.93. The predicted molar refractivity (Wildman–Crippen MR) is 107 cm³/mol. The summed E-state index contributed by atoms with van der Waals surface area (Å²) in [6, 6.07) is 17.2. The van der Waals surface area contributed by atoms with Crippen molar-refractivity contribution in [1.82, 2.24) is 5.32 Å². The molecule has 0 unspecified atom stereocenters. The summed E-state index contributed by atoms with van der Waals surface area (Å²) >= 11 is 13.1. The molecule has 0 saturated heterocycles. The van der Waals surface area contributed by atoms with Gasteiger partial charge in [0.15, 0.2) is 0 Å². The Morgan fingerprint density at radius 2 is 1.69 bits per heavy atom. The van der Waals surface area contributed by atoms with Gasteiger partial charge in [-0.1, -0.05) is 53.5 Å². The second kappa shape index (κ2) is 8.36. The Morgan fingerprint density at radius 3 is 2.42 bits per heavy atom. The molecule has 2 amide bonds. The number of amides is 2. The van der Waals surface area contributed by atoms with Gasteiger partial charge in [0.1, 0.15) is 0 Å². The molecule has 2 N–H and O–H groups in total. The second-order valence-electron chi connectivity index (χ2n) is 5.40. The number of nitrogens with one attached hydrogen (secondary N) is 2. The number of halogens is 2. The van der Waals surface area contributed by atoms with E-state index in [0.29, 0.717) is 32.7 Å². The van der Waals surface area contributed by atoms with E-state index in [4.69, 9.17) is 23.2 Å². The summed E-state index contributed by atoms with van der Waals surface area (Å²) < 4.78 is 0. The van der Waals surface area contributed by atoms with E-state index < -0.39 is 0 Å². The van der Waals surface area contributed by atoms with Crippen LogP contribution in [0.25, 0.3) is 0 Å². The van der Waals surface area contributed by atoms with Gasteiger partial charge in [0.2, 0.25) is 5.78 Å². The molecule has 26 heavy (non-hydrogen) atoms. The quantitative estimate of drug-likeness (QED) is 0.543. The molecular formula is C19H14Cl2N2O2S. The highest BCUT2D eigenvalue weighted by molar-refractivity contribution is 7.14. The van der Waals surface area contributed by atoms with Crippen molar-refractivity contribution < 1.29 is 9.59 Å². The Labute approximate surface area is 164 Å². The molecule has 0 aliphatic carbocycles. The maximum absolute atomic E-state index is 12.4. The molecular weight excluding hydrogens is 391 g/mol. The third-order valence-electron chi connectivity index (χ3n) is 3.52. The van der Waals surface area contributed by atoms with Crippen LogP contribution >= 0.6 is 34.5 Å². The number of carbonyl (C=O) groups is 2. The third-order valence-corrected chi connectivity index (χ3v) is 5.35. The molecule has 7 heteroatoms. The second-order valence-corrected chi connectivity index (χ2v) is 7.38. The standard InChI is InChI=1S/C19H14Cl2N2O2S/c20-15-8-6-13(10-16(15)21)23-19(25)22-11-14-7-9-17(26-14)18(24)12-4-2-1-3-5-12/h1-10H,11H2,(H2,22,23,25). The van der Waals surface area contributed by atoms with Gasteiger partial charge in [0.25, 0.3) is 0 Å². The van der Waals surface area contributed by atoms with Crippen LogP contribution in [0.1, 0.15) is 20.1 Å². The van der Waals surface area contributed by atoms with E-state index >= 15 is 0 Å². The van der Waals surface area contributed by atoms with Crippen molar-refractivity contribution in [2.75, 3.05) is 5.32 Å². The smallest absolute Gasteiger partial charge is 0.319 e. The number of hydrogen-bond donors (Lipinski definition) is 2. The first kappa shape index (κ1) is 18.5. The minimum absolute atomic E-state index is 0.0258. The van der Waals surface area contributed by atoms with Gasteiger partial charge in [0, 0.05) is 16.1 Å². The van der Waals surface area contributed by atoms with E-state index in [-0.39, 0.29) is 11.8 Å². The van der Waals surface area contributed by atoms with Crippen molar-refractivity contribution in [3.05, 3.63) is 86.0 Å². The normalized spacial score (nSPS) is 10.4. The van der Waals surface area contributed by atoms with Crippen molar-refractivity contribution in [2.24, 2.45) is 0 Å². The van der Waals surface area contributed by atoms with Gasteiger partial charge < -0.3 is 10.6 Å². The number of urea groups is 1. The van der Waals surface area contributed by atoms with Crippen LogP contribution in [-0.2, 0) is 6.54 Å². The van der Waals surface area contributed by atoms with E-state index in [0.717, 1.165) is 4.88 Å². The lowest BCUT2D eigenvalue weighted by atomic mass is 10.1. The van der Waals surface area contributed by atoms with E-state index in [1.807, 2.05) is 24.3 Å². The molecule has 0 spiro atoms. The SMILES string of the molecule is O=C(NCc1ccc(C(=O)c2ccccc2)s1)Nc1ccc(Cl)c(Cl)c1. The maximum atomic E-state index is 12.4. The van der Waals surface area contributed by atoms with Gasteiger partial charge in [-0.25, -0.2) is 4.79 Å². The average Bonchev–Trinajstić information content (AvgIpc) is 3.12. The number of benzene rings is 2. The summed E-state index contributed by atoms with van der Waals surface area (Å²) in [5.74, 6) is -0.0258.